The third-order valence-corrected chi connectivity index (χ3v) is 2.41. The molecule has 1 unspecified atom stereocenters. The Kier molecular flexibility index (Phi) is 3.66. The van der Waals surface area contributed by atoms with E-state index in [9.17, 15) is 5.11 Å². The van der Waals surface area contributed by atoms with Crippen LogP contribution in [0.2, 0.25) is 0 Å². The van der Waals surface area contributed by atoms with E-state index >= 15 is 0 Å². The van der Waals surface area contributed by atoms with Crippen LogP contribution in [0, 0.1) is 0 Å². The van der Waals surface area contributed by atoms with Crippen LogP contribution in [0.25, 0.3) is 0 Å². The van der Waals surface area contributed by atoms with Gasteiger partial charge in [0.15, 0.2) is 0 Å². The smallest absolute Gasteiger partial charge is 0.135 e. The SMILES string of the molecule is COC(C)(C)CCC(O)c1ncc[nH]1. The average molecular weight is 198 g/mol. The lowest BCUT2D eigenvalue weighted by Crippen LogP contribution is -2.23. The number of nitrogens with one attached hydrogen (secondary N) is 1. The topological polar surface area (TPSA) is 58.1 Å². The summed E-state index contributed by atoms with van der Waals surface area (Å²) < 4.78 is 5.26. The lowest BCUT2D eigenvalue weighted by molar-refractivity contribution is 0.00207. The molecule has 1 atom stereocenters. The number of aromatic nitrogens is 2. The van der Waals surface area contributed by atoms with Crippen molar-refractivity contribution in [2.45, 2.75) is 38.4 Å². The number of nitrogens with zero attached hydrogens (tertiary/aromatic N) is 1. The number of ether oxygens (including phenoxy) is 1. The number of imidazole rings is 1. The van der Waals surface area contributed by atoms with E-state index in [2.05, 4.69) is 9.97 Å². The van der Waals surface area contributed by atoms with Gasteiger partial charge in [0.25, 0.3) is 0 Å². The molecule has 1 rings (SSSR count). The number of aliphatic hydroxyl groups excluding tert-OH is 1. The van der Waals surface area contributed by atoms with Gasteiger partial charge in [0.1, 0.15) is 11.9 Å². The monoisotopic (exact) mass is 198 g/mol. The van der Waals surface area contributed by atoms with Crippen molar-refractivity contribution in [3.63, 3.8) is 0 Å². The van der Waals surface area contributed by atoms with E-state index in [1.807, 2.05) is 13.8 Å². The molecule has 0 fully saturated rings. The second-order valence-electron chi connectivity index (χ2n) is 3.99. The minimum Gasteiger partial charge on any atom is -0.385 e. The maximum absolute atomic E-state index is 9.72. The van der Waals surface area contributed by atoms with E-state index in [0.29, 0.717) is 12.2 Å². The first kappa shape index (κ1) is 11.2. The van der Waals surface area contributed by atoms with Gasteiger partial charge in [0, 0.05) is 19.5 Å². The normalized spacial score (nSPS) is 14.3. The van der Waals surface area contributed by atoms with E-state index in [0.717, 1.165) is 6.42 Å². The van der Waals surface area contributed by atoms with Gasteiger partial charge in [-0.3, -0.25) is 0 Å². The molecular formula is C10H18N2O2. The Hall–Kier alpha value is -0.870. The number of H-pyrrole nitrogens is 1. The Morgan fingerprint density at radius 1 is 1.64 bits per heavy atom. The molecule has 80 valence electrons. The van der Waals surface area contributed by atoms with Gasteiger partial charge in [0.05, 0.1) is 5.60 Å². The van der Waals surface area contributed by atoms with Crippen LogP contribution in [0.4, 0.5) is 0 Å². The zero-order valence-corrected chi connectivity index (χ0v) is 8.95. The van der Waals surface area contributed by atoms with E-state index < -0.39 is 6.10 Å². The van der Waals surface area contributed by atoms with Crippen LogP contribution < -0.4 is 0 Å². The molecule has 4 heteroatoms. The van der Waals surface area contributed by atoms with Crippen molar-refractivity contribution in [1.82, 2.24) is 9.97 Å². The fourth-order valence-corrected chi connectivity index (χ4v) is 1.18. The van der Waals surface area contributed by atoms with E-state index in [1.165, 1.54) is 0 Å². The van der Waals surface area contributed by atoms with Crippen molar-refractivity contribution in [1.29, 1.82) is 0 Å². The first-order valence-corrected chi connectivity index (χ1v) is 4.77. The second-order valence-corrected chi connectivity index (χ2v) is 3.99. The fraction of sp³-hybridized carbons (Fsp3) is 0.700. The number of aromatic amines is 1. The Balaban J connectivity index is 2.39. The van der Waals surface area contributed by atoms with Crippen LogP contribution in [0.3, 0.4) is 0 Å². The lowest BCUT2D eigenvalue weighted by Gasteiger charge is -2.23. The van der Waals surface area contributed by atoms with Crippen LogP contribution >= 0.6 is 0 Å². The van der Waals surface area contributed by atoms with Crippen LogP contribution in [-0.2, 0) is 4.74 Å². The zero-order valence-electron chi connectivity index (χ0n) is 8.95. The van der Waals surface area contributed by atoms with Crippen LogP contribution in [0.1, 0.15) is 38.6 Å². The largest absolute Gasteiger partial charge is 0.385 e. The van der Waals surface area contributed by atoms with Crippen molar-refractivity contribution < 1.29 is 9.84 Å². The summed E-state index contributed by atoms with van der Waals surface area (Å²) >= 11 is 0. The average Bonchev–Trinajstić information content (AvgIpc) is 2.67. The highest BCUT2D eigenvalue weighted by Gasteiger charge is 2.19. The molecule has 0 aromatic carbocycles. The lowest BCUT2D eigenvalue weighted by atomic mass is 10.00. The number of hydrogen-bond acceptors (Lipinski definition) is 3. The molecule has 0 saturated heterocycles. The zero-order chi connectivity index (χ0) is 10.6. The van der Waals surface area contributed by atoms with Crippen molar-refractivity contribution >= 4 is 0 Å². The Morgan fingerprint density at radius 3 is 2.86 bits per heavy atom. The van der Waals surface area contributed by atoms with Crippen molar-refractivity contribution in [2.75, 3.05) is 7.11 Å². The minimum absolute atomic E-state index is 0.187. The third kappa shape index (κ3) is 3.12. The number of aliphatic hydroxyl groups is 1. The summed E-state index contributed by atoms with van der Waals surface area (Å²) in [5.41, 5.74) is -0.187. The van der Waals surface area contributed by atoms with Gasteiger partial charge in [-0.25, -0.2) is 4.98 Å². The summed E-state index contributed by atoms with van der Waals surface area (Å²) in [5.74, 6) is 0.622. The van der Waals surface area contributed by atoms with Gasteiger partial charge < -0.3 is 14.8 Å². The summed E-state index contributed by atoms with van der Waals surface area (Å²) in [6.45, 7) is 4.00. The van der Waals surface area contributed by atoms with Crippen LogP contribution in [-0.4, -0.2) is 27.8 Å². The minimum atomic E-state index is -0.528. The summed E-state index contributed by atoms with van der Waals surface area (Å²) in [6.07, 6.45) is 4.26. The first-order valence-electron chi connectivity index (χ1n) is 4.77. The molecule has 2 N–H and O–H groups in total. The molecule has 0 spiro atoms. The summed E-state index contributed by atoms with van der Waals surface area (Å²) in [6, 6.07) is 0. The first-order chi connectivity index (χ1) is 6.55. The van der Waals surface area contributed by atoms with E-state index in [4.69, 9.17) is 4.74 Å². The second kappa shape index (κ2) is 4.57. The Morgan fingerprint density at radius 2 is 2.36 bits per heavy atom. The van der Waals surface area contributed by atoms with Gasteiger partial charge >= 0.3 is 0 Å². The molecule has 4 nitrogen and oxygen atoms in total. The maximum Gasteiger partial charge on any atom is 0.135 e. The maximum atomic E-state index is 9.72. The molecule has 0 saturated carbocycles. The third-order valence-electron chi connectivity index (χ3n) is 2.41. The predicted octanol–water partition coefficient (Wildman–Crippen LogP) is 1.65. The summed E-state index contributed by atoms with van der Waals surface area (Å²) in [4.78, 5) is 6.89. The molecule has 14 heavy (non-hydrogen) atoms. The molecule has 0 aliphatic rings. The molecule has 0 radical (unpaired) electrons. The highest BCUT2D eigenvalue weighted by Crippen LogP contribution is 2.22. The molecular weight excluding hydrogens is 180 g/mol. The molecule has 1 heterocycles. The Bertz CT molecular complexity index is 257. The van der Waals surface area contributed by atoms with Crippen molar-refractivity contribution in [3.8, 4) is 0 Å². The van der Waals surface area contributed by atoms with Crippen LogP contribution in [0.15, 0.2) is 12.4 Å². The fourth-order valence-electron chi connectivity index (χ4n) is 1.18. The Labute approximate surface area is 84.3 Å². The quantitative estimate of drug-likeness (QED) is 0.756. The standard InChI is InChI=1S/C10H18N2O2/c1-10(2,14-3)5-4-8(13)9-11-6-7-12-9/h6-8,13H,4-5H2,1-3H3,(H,11,12). The highest BCUT2D eigenvalue weighted by atomic mass is 16.5. The summed E-state index contributed by atoms with van der Waals surface area (Å²) in [7, 11) is 1.68. The van der Waals surface area contributed by atoms with E-state index in [1.54, 1.807) is 19.5 Å². The van der Waals surface area contributed by atoms with Crippen LogP contribution in [0.5, 0.6) is 0 Å². The van der Waals surface area contributed by atoms with E-state index in [-0.39, 0.29) is 5.60 Å². The van der Waals surface area contributed by atoms with Crippen molar-refractivity contribution in [3.05, 3.63) is 18.2 Å². The number of rotatable bonds is 5. The van der Waals surface area contributed by atoms with Gasteiger partial charge in [-0.15, -0.1) is 0 Å². The summed E-state index contributed by atoms with van der Waals surface area (Å²) in [5, 5.41) is 9.72. The number of methoxy groups -OCH3 is 1. The molecule has 0 amide bonds. The van der Waals surface area contributed by atoms with Gasteiger partial charge in [-0.2, -0.15) is 0 Å². The molecule has 1 aromatic rings. The molecule has 0 aliphatic carbocycles. The van der Waals surface area contributed by atoms with Gasteiger partial charge in [-0.05, 0) is 26.7 Å². The van der Waals surface area contributed by atoms with Gasteiger partial charge in [0.2, 0.25) is 0 Å². The molecule has 0 aliphatic heterocycles. The number of hydrogen-bond donors (Lipinski definition) is 2. The molecule has 1 aromatic heterocycles. The van der Waals surface area contributed by atoms with Gasteiger partial charge in [-0.1, -0.05) is 0 Å². The predicted molar refractivity (Wildman–Crippen MR) is 53.9 cm³/mol. The van der Waals surface area contributed by atoms with Crippen molar-refractivity contribution in [2.24, 2.45) is 0 Å². The molecule has 0 bridgehead atoms. The highest BCUT2D eigenvalue weighted by molar-refractivity contribution is 4.92.